The molecule has 0 radical (unpaired) electrons. The highest BCUT2D eigenvalue weighted by atomic mass is 16.2. The molecule has 3 aromatic rings. The van der Waals surface area contributed by atoms with Crippen molar-refractivity contribution in [2.75, 3.05) is 13.1 Å². The Morgan fingerprint density at radius 2 is 1.81 bits per heavy atom. The first kappa shape index (κ1) is 16.5. The summed E-state index contributed by atoms with van der Waals surface area (Å²) >= 11 is 0. The van der Waals surface area contributed by atoms with Crippen molar-refractivity contribution >= 4 is 16.7 Å². The molecule has 3 heterocycles. The molecule has 1 aromatic carbocycles. The Morgan fingerprint density at radius 3 is 2.59 bits per heavy atom. The molecule has 138 valence electrons. The molecule has 0 unspecified atom stereocenters. The van der Waals surface area contributed by atoms with Crippen LogP contribution in [0, 0.1) is 5.92 Å². The van der Waals surface area contributed by atoms with Crippen LogP contribution in [0.4, 0.5) is 0 Å². The van der Waals surface area contributed by atoms with E-state index in [1.807, 2.05) is 41.4 Å². The van der Waals surface area contributed by atoms with Crippen LogP contribution in [0.5, 0.6) is 0 Å². The van der Waals surface area contributed by atoms with Crippen molar-refractivity contribution in [1.29, 1.82) is 0 Å². The van der Waals surface area contributed by atoms with Gasteiger partial charge in [-0.2, -0.15) is 0 Å². The highest BCUT2D eigenvalue weighted by Crippen LogP contribution is 2.33. The molecule has 5 rings (SSSR count). The number of benzene rings is 1. The molecule has 5 nitrogen and oxygen atoms in total. The second-order valence-corrected chi connectivity index (χ2v) is 7.86. The van der Waals surface area contributed by atoms with Crippen LogP contribution >= 0.6 is 0 Å². The number of hydrogen-bond donors (Lipinski definition) is 0. The maximum absolute atomic E-state index is 12.9. The monoisotopic (exact) mass is 360 g/mol. The van der Waals surface area contributed by atoms with E-state index in [2.05, 4.69) is 20.7 Å². The fraction of sp³-hybridized carbons (Fsp3) is 0.409. The summed E-state index contributed by atoms with van der Waals surface area (Å²) in [6.07, 6.45) is 10.5. The minimum atomic E-state index is 0.0422. The summed E-state index contributed by atoms with van der Waals surface area (Å²) in [4.78, 5) is 23.9. The number of pyridine rings is 1. The van der Waals surface area contributed by atoms with Crippen LogP contribution in [0.2, 0.25) is 0 Å². The Labute approximate surface area is 159 Å². The van der Waals surface area contributed by atoms with E-state index in [0.717, 1.165) is 49.2 Å². The molecule has 1 amide bonds. The van der Waals surface area contributed by atoms with E-state index in [1.54, 1.807) is 6.20 Å². The van der Waals surface area contributed by atoms with Gasteiger partial charge in [0.15, 0.2) is 0 Å². The highest BCUT2D eigenvalue weighted by molar-refractivity contribution is 5.96. The summed E-state index contributed by atoms with van der Waals surface area (Å²) in [5, 5.41) is 2.13. The molecule has 0 N–H and O–H groups in total. The molecule has 0 atom stereocenters. The third kappa shape index (κ3) is 3.34. The minimum Gasteiger partial charge on any atom is -0.337 e. The molecule has 2 fully saturated rings. The van der Waals surface area contributed by atoms with Gasteiger partial charge in [-0.3, -0.25) is 9.78 Å². The Kier molecular flexibility index (Phi) is 4.15. The SMILES string of the molecule is O=C(c1cc2ccccc2cn1)N1CCC(c2nccn2CC2CC2)CC1. The molecule has 0 bridgehead atoms. The van der Waals surface area contributed by atoms with Gasteiger partial charge in [-0.05, 0) is 43.1 Å². The van der Waals surface area contributed by atoms with Crippen molar-refractivity contribution in [2.24, 2.45) is 5.92 Å². The quantitative estimate of drug-likeness (QED) is 0.710. The topological polar surface area (TPSA) is 51.0 Å². The second kappa shape index (κ2) is 6.80. The lowest BCUT2D eigenvalue weighted by Crippen LogP contribution is -2.38. The number of imidazole rings is 1. The molecular formula is C22H24N4O. The number of piperidine rings is 1. The van der Waals surface area contributed by atoms with Crippen LogP contribution in [0.25, 0.3) is 10.8 Å². The molecule has 1 saturated heterocycles. The van der Waals surface area contributed by atoms with Crippen molar-refractivity contribution < 1.29 is 4.79 Å². The smallest absolute Gasteiger partial charge is 0.272 e. The summed E-state index contributed by atoms with van der Waals surface area (Å²) in [6.45, 7) is 2.65. The molecule has 0 spiro atoms. The first-order valence-corrected chi connectivity index (χ1v) is 9.93. The summed E-state index contributed by atoms with van der Waals surface area (Å²) in [7, 11) is 0. The standard InChI is InChI=1S/C22H24N4O/c27-22(20-13-18-3-1-2-4-19(18)14-24-20)25-10-7-17(8-11-25)21-23-9-12-26(21)15-16-5-6-16/h1-4,9,12-14,16-17H,5-8,10-11,15H2. The van der Waals surface area contributed by atoms with E-state index in [9.17, 15) is 4.79 Å². The number of hydrogen-bond acceptors (Lipinski definition) is 3. The van der Waals surface area contributed by atoms with E-state index in [0.29, 0.717) is 11.6 Å². The first-order valence-electron chi connectivity index (χ1n) is 9.93. The van der Waals surface area contributed by atoms with Crippen molar-refractivity contribution in [3.8, 4) is 0 Å². The van der Waals surface area contributed by atoms with Crippen molar-refractivity contribution in [3.05, 3.63) is 60.4 Å². The van der Waals surface area contributed by atoms with E-state index >= 15 is 0 Å². The largest absolute Gasteiger partial charge is 0.337 e. The van der Waals surface area contributed by atoms with Gasteiger partial charge in [0, 0.05) is 49.5 Å². The highest BCUT2D eigenvalue weighted by Gasteiger charge is 2.29. The van der Waals surface area contributed by atoms with E-state index in [-0.39, 0.29) is 5.91 Å². The van der Waals surface area contributed by atoms with Crippen molar-refractivity contribution in [3.63, 3.8) is 0 Å². The second-order valence-electron chi connectivity index (χ2n) is 7.86. The molecule has 1 aliphatic carbocycles. The van der Waals surface area contributed by atoms with E-state index in [4.69, 9.17) is 0 Å². The Morgan fingerprint density at radius 1 is 1.04 bits per heavy atom. The van der Waals surface area contributed by atoms with Crippen LogP contribution < -0.4 is 0 Å². The van der Waals surface area contributed by atoms with Crippen molar-refractivity contribution in [1.82, 2.24) is 19.4 Å². The number of rotatable bonds is 4. The average Bonchev–Trinajstić information content (AvgIpc) is 3.42. The van der Waals surface area contributed by atoms with Crippen molar-refractivity contribution in [2.45, 2.75) is 38.1 Å². The fourth-order valence-electron chi connectivity index (χ4n) is 4.12. The summed E-state index contributed by atoms with van der Waals surface area (Å²) < 4.78 is 2.34. The average molecular weight is 360 g/mol. The Bertz CT molecular complexity index is 967. The summed E-state index contributed by atoms with van der Waals surface area (Å²) in [5.74, 6) is 2.55. The van der Waals surface area contributed by atoms with Crippen LogP contribution in [0.1, 0.15) is 47.9 Å². The molecule has 5 heteroatoms. The maximum atomic E-state index is 12.9. The number of carbonyl (C=O) groups is 1. The van der Waals surface area contributed by atoms with Gasteiger partial charge in [0.2, 0.25) is 0 Å². The Hall–Kier alpha value is -2.69. The van der Waals surface area contributed by atoms with Crippen LogP contribution in [0.15, 0.2) is 48.9 Å². The maximum Gasteiger partial charge on any atom is 0.272 e. The number of fused-ring (bicyclic) bond motifs is 1. The Balaban J connectivity index is 1.27. The lowest BCUT2D eigenvalue weighted by molar-refractivity contribution is 0.0704. The number of likely N-dealkylation sites (tertiary alicyclic amines) is 1. The molecule has 2 aliphatic rings. The minimum absolute atomic E-state index is 0.0422. The normalized spacial score (nSPS) is 18.1. The van der Waals surface area contributed by atoms with Crippen LogP contribution in [0.3, 0.4) is 0 Å². The lowest BCUT2D eigenvalue weighted by atomic mass is 9.95. The summed E-state index contributed by atoms with van der Waals surface area (Å²) in [6, 6.07) is 9.94. The van der Waals surface area contributed by atoms with E-state index in [1.165, 1.54) is 18.7 Å². The number of amides is 1. The van der Waals surface area contributed by atoms with Crippen LogP contribution in [-0.4, -0.2) is 38.4 Å². The van der Waals surface area contributed by atoms with Crippen LogP contribution in [-0.2, 0) is 6.54 Å². The third-order valence-electron chi connectivity index (χ3n) is 5.90. The molecule has 1 aliphatic heterocycles. The number of carbonyl (C=O) groups excluding carboxylic acids is 1. The summed E-state index contributed by atoms with van der Waals surface area (Å²) in [5.41, 5.74) is 0.544. The van der Waals surface area contributed by atoms with E-state index < -0.39 is 0 Å². The molecular weight excluding hydrogens is 336 g/mol. The molecule has 1 saturated carbocycles. The van der Waals surface area contributed by atoms with Gasteiger partial charge < -0.3 is 9.47 Å². The predicted molar refractivity (Wildman–Crippen MR) is 105 cm³/mol. The zero-order chi connectivity index (χ0) is 18.2. The van der Waals surface area contributed by atoms with Gasteiger partial charge in [0.25, 0.3) is 5.91 Å². The van der Waals surface area contributed by atoms with Gasteiger partial charge in [-0.15, -0.1) is 0 Å². The molecule has 2 aromatic heterocycles. The third-order valence-corrected chi connectivity index (χ3v) is 5.90. The molecule has 27 heavy (non-hydrogen) atoms. The number of nitrogens with zero attached hydrogens (tertiary/aromatic N) is 4. The first-order chi connectivity index (χ1) is 13.3. The van der Waals surface area contributed by atoms with Gasteiger partial charge in [-0.25, -0.2) is 4.98 Å². The zero-order valence-corrected chi connectivity index (χ0v) is 15.4. The van der Waals surface area contributed by atoms with Gasteiger partial charge in [0.1, 0.15) is 11.5 Å². The van der Waals surface area contributed by atoms with Gasteiger partial charge in [0.05, 0.1) is 0 Å². The fourth-order valence-corrected chi connectivity index (χ4v) is 4.12. The number of aromatic nitrogens is 3. The zero-order valence-electron chi connectivity index (χ0n) is 15.4. The predicted octanol–water partition coefficient (Wildman–Crippen LogP) is 3.86. The lowest BCUT2D eigenvalue weighted by Gasteiger charge is -2.31. The van der Waals surface area contributed by atoms with Gasteiger partial charge in [-0.1, -0.05) is 24.3 Å². The van der Waals surface area contributed by atoms with Gasteiger partial charge >= 0.3 is 0 Å².